The number of hydrogen-bond acceptors (Lipinski definition) is 3. The number of benzene rings is 2. The maximum absolute atomic E-state index is 13.7. The maximum atomic E-state index is 13.7. The molecule has 0 bridgehead atoms. The van der Waals surface area contributed by atoms with Crippen molar-refractivity contribution in [2.75, 3.05) is 0 Å². The second kappa shape index (κ2) is 7.79. The second-order valence-electron chi connectivity index (χ2n) is 6.10. The molecule has 1 aromatic heterocycles. The van der Waals surface area contributed by atoms with Gasteiger partial charge in [-0.25, -0.2) is 4.98 Å². The van der Waals surface area contributed by atoms with Crippen molar-refractivity contribution in [3.8, 4) is 0 Å². The standard InChI is InChI=1S/C21H19FN2O/c1-15-12-18(13-21(22)23-15)20(24-25)14-19(16-8-4-2-5-9-16)17-10-6-3-7-11-17/h2-13,19-20H,14H2,1H3. The summed E-state index contributed by atoms with van der Waals surface area (Å²) >= 11 is 0. The van der Waals surface area contributed by atoms with Crippen LogP contribution in [0.15, 0.2) is 78.0 Å². The van der Waals surface area contributed by atoms with Crippen molar-refractivity contribution in [2.45, 2.75) is 25.3 Å². The zero-order valence-corrected chi connectivity index (χ0v) is 14.0. The lowest BCUT2D eigenvalue weighted by Crippen LogP contribution is -2.08. The zero-order chi connectivity index (χ0) is 17.6. The lowest BCUT2D eigenvalue weighted by molar-refractivity contribution is 0.558. The normalized spacial score (nSPS) is 12.1. The van der Waals surface area contributed by atoms with Crippen molar-refractivity contribution in [1.29, 1.82) is 0 Å². The molecule has 0 amide bonds. The Kier molecular flexibility index (Phi) is 5.29. The molecule has 0 radical (unpaired) electrons. The van der Waals surface area contributed by atoms with Gasteiger partial charge in [0.15, 0.2) is 0 Å². The Morgan fingerprint density at radius 3 is 1.96 bits per heavy atom. The first kappa shape index (κ1) is 17.0. The second-order valence-corrected chi connectivity index (χ2v) is 6.10. The summed E-state index contributed by atoms with van der Waals surface area (Å²) in [7, 11) is 0. The molecular formula is C21H19FN2O. The maximum Gasteiger partial charge on any atom is 0.213 e. The molecule has 3 nitrogen and oxygen atoms in total. The minimum Gasteiger partial charge on any atom is -0.225 e. The summed E-state index contributed by atoms with van der Waals surface area (Å²) in [5.41, 5.74) is 3.32. The van der Waals surface area contributed by atoms with Crippen molar-refractivity contribution in [3.63, 3.8) is 0 Å². The average Bonchev–Trinajstić information content (AvgIpc) is 2.63. The summed E-state index contributed by atoms with van der Waals surface area (Å²) < 4.78 is 13.7. The van der Waals surface area contributed by atoms with Gasteiger partial charge in [0.2, 0.25) is 5.95 Å². The molecule has 0 saturated carbocycles. The van der Waals surface area contributed by atoms with Gasteiger partial charge in [-0.05, 0) is 42.2 Å². The van der Waals surface area contributed by atoms with Crippen LogP contribution in [0.4, 0.5) is 4.39 Å². The number of pyridine rings is 1. The molecule has 3 aromatic rings. The summed E-state index contributed by atoms with van der Waals surface area (Å²) in [5, 5.41) is 3.29. The Labute approximate surface area is 146 Å². The number of rotatable bonds is 6. The summed E-state index contributed by atoms with van der Waals surface area (Å²) in [6.45, 7) is 1.71. The Morgan fingerprint density at radius 1 is 0.920 bits per heavy atom. The fourth-order valence-corrected chi connectivity index (χ4v) is 3.14. The van der Waals surface area contributed by atoms with Gasteiger partial charge in [-0.1, -0.05) is 65.8 Å². The van der Waals surface area contributed by atoms with Crippen molar-refractivity contribution in [2.24, 2.45) is 5.18 Å². The number of halogens is 1. The lowest BCUT2D eigenvalue weighted by Gasteiger charge is -2.21. The number of aromatic nitrogens is 1. The SMILES string of the molecule is Cc1cc(C(CC(c2ccccc2)c2ccccc2)N=O)cc(F)n1. The van der Waals surface area contributed by atoms with Crippen LogP contribution in [-0.2, 0) is 0 Å². The van der Waals surface area contributed by atoms with E-state index in [0.717, 1.165) is 11.1 Å². The van der Waals surface area contributed by atoms with Crippen LogP contribution in [0.5, 0.6) is 0 Å². The van der Waals surface area contributed by atoms with Gasteiger partial charge in [0.25, 0.3) is 0 Å². The molecule has 0 aliphatic carbocycles. The van der Waals surface area contributed by atoms with Crippen LogP contribution in [0.25, 0.3) is 0 Å². The van der Waals surface area contributed by atoms with Crippen LogP contribution >= 0.6 is 0 Å². The van der Waals surface area contributed by atoms with Crippen LogP contribution in [0.2, 0.25) is 0 Å². The van der Waals surface area contributed by atoms with E-state index in [4.69, 9.17) is 0 Å². The van der Waals surface area contributed by atoms with E-state index in [1.54, 1.807) is 13.0 Å². The molecule has 2 aromatic carbocycles. The summed E-state index contributed by atoms with van der Waals surface area (Å²) in [6, 6.07) is 22.4. The predicted molar refractivity (Wildman–Crippen MR) is 96.8 cm³/mol. The predicted octanol–water partition coefficient (Wildman–Crippen LogP) is 5.56. The fourth-order valence-electron chi connectivity index (χ4n) is 3.14. The third kappa shape index (κ3) is 4.15. The molecule has 1 heterocycles. The van der Waals surface area contributed by atoms with E-state index in [-0.39, 0.29) is 5.92 Å². The molecule has 0 spiro atoms. The van der Waals surface area contributed by atoms with Crippen LogP contribution < -0.4 is 0 Å². The Bertz CT molecular complexity index is 777. The van der Waals surface area contributed by atoms with E-state index < -0.39 is 12.0 Å². The van der Waals surface area contributed by atoms with E-state index in [1.807, 2.05) is 60.7 Å². The number of nitroso groups, excluding NO2 is 1. The van der Waals surface area contributed by atoms with Crippen LogP contribution in [0.1, 0.15) is 40.8 Å². The highest BCUT2D eigenvalue weighted by molar-refractivity contribution is 5.33. The molecule has 4 heteroatoms. The first-order valence-electron chi connectivity index (χ1n) is 8.24. The fraction of sp³-hybridized carbons (Fsp3) is 0.190. The first-order valence-corrected chi connectivity index (χ1v) is 8.24. The van der Waals surface area contributed by atoms with Gasteiger partial charge in [-0.3, -0.25) is 0 Å². The smallest absolute Gasteiger partial charge is 0.213 e. The minimum atomic E-state index is -0.637. The summed E-state index contributed by atoms with van der Waals surface area (Å²) in [6.07, 6.45) is 0.473. The van der Waals surface area contributed by atoms with Gasteiger partial charge >= 0.3 is 0 Å². The molecule has 126 valence electrons. The van der Waals surface area contributed by atoms with Crippen molar-refractivity contribution in [3.05, 3.63) is 106 Å². The van der Waals surface area contributed by atoms with Gasteiger partial charge in [0.05, 0.1) is 0 Å². The molecule has 25 heavy (non-hydrogen) atoms. The molecule has 1 atom stereocenters. The quantitative estimate of drug-likeness (QED) is 0.437. The Balaban J connectivity index is 1.97. The highest BCUT2D eigenvalue weighted by Gasteiger charge is 2.22. The zero-order valence-electron chi connectivity index (χ0n) is 14.0. The number of aryl methyl sites for hydroxylation is 1. The van der Waals surface area contributed by atoms with Crippen LogP contribution in [0, 0.1) is 17.8 Å². The molecule has 0 fully saturated rings. The van der Waals surface area contributed by atoms with E-state index in [1.165, 1.54) is 6.07 Å². The summed E-state index contributed by atoms with van der Waals surface area (Å²) in [5.74, 6) is -0.582. The highest BCUT2D eigenvalue weighted by atomic mass is 19.1. The third-order valence-corrected chi connectivity index (χ3v) is 4.32. The topological polar surface area (TPSA) is 42.3 Å². The van der Waals surface area contributed by atoms with Crippen LogP contribution in [0.3, 0.4) is 0 Å². The van der Waals surface area contributed by atoms with Crippen molar-refractivity contribution >= 4 is 0 Å². The van der Waals surface area contributed by atoms with Gasteiger partial charge in [-0.2, -0.15) is 9.30 Å². The highest BCUT2D eigenvalue weighted by Crippen LogP contribution is 2.35. The number of nitrogens with zero attached hydrogens (tertiary/aromatic N) is 2. The molecule has 0 saturated heterocycles. The lowest BCUT2D eigenvalue weighted by atomic mass is 9.84. The van der Waals surface area contributed by atoms with Crippen molar-refractivity contribution in [1.82, 2.24) is 4.98 Å². The van der Waals surface area contributed by atoms with Crippen LogP contribution in [-0.4, -0.2) is 4.98 Å². The molecular weight excluding hydrogens is 315 g/mol. The van der Waals surface area contributed by atoms with Gasteiger partial charge in [0, 0.05) is 11.6 Å². The van der Waals surface area contributed by atoms with Gasteiger partial charge in [-0.15, -0.1) is 0 Å². The third-order valence-electron chi connectivity index (χ3n) is 4.32. The minimum absolute atomic E-state index is 0.00151. The number of hydrogen-bond donors (Lipinski definition) is 0. The molecule has 1 unspecified atom stereocenters. The Morgan fingerprint density at radius 2 is 1.48 bits per heavy atom. The van der Waals surface area contributed by atoms with E-state index in [9.17, 15) is 9.30 Å². The van der Waals surface area contributed by atoms with Gasteiger partial charge in [0.1, 0.15) is 6.04 Å². The van der Waals surface area contributed by atoms with E-state index >= 15 is 0 Å². The molecule has 3 rings (SSSR count). The van der Waals surface area contributed by atoms with Gasteiger partial charge < -0.3 is 0 Å². The first-order chi connectivity index (χ1) is 12.2. The van der Waals surface area contributed by atoms with Crippen molar-refractivity contribution < 1.29 is 4.39 Å². The molecule has 0 N–H and O–H groups in total. The summed E-state index contributed by atoms with van der Waals surface area (Å²) in [4.78, 5) is 15.3. The van der Waals surface area contributed by atoms with E-state index in [0.29, 0.717) is 17.7 Å². The largest absolute Gasteiger partial charge is 0.225 e. The monoisotopic (exact) mass is 334 g/mol. The Hall–Kier alpha value is -2.88. The molecule has 0 aliphatic rings. The molecule has 0 aliphatic heterocycles. The van der Waals surface area contributed by atoms with E-state index in [2.05, 4.69) is 10.2 Å². The average molecular weight is 334 g/mol.